The minimum atomic E-state index is -0.279. The second-order valence-electron chi connectivity index (χ2n) is 10.3. The molecule has 5 rings (SSSR count). The van der Waals surface area contributed by atoms with Crippen molar-refractivity contribution in [2.75, 3.05) is 17.7 Å². The Bertz CT molecular complexity index is 1250. The number of methoxy groups -OCH3 is 1. The highest BCUT2D eigenvalue weighted by atomic mass is 16.5. The predicted molar refractivity (Wildman–Crippen MR) is 139 cm³/mol. The first-order chi connectivity index (χ1) is 16.3. The average molecular weight is 453 g/mol. The molecule has 2 N–H and O–H groups in total. The average Bonchev–Trinajstić information content (AvgIpc) is 3.00. The number of hydrogen-bond donors (Lipinski definition) is 2. The van der Waals surface area contributed by atoms with Crippen molar-refractivity contribution < 1.29 is 9.53 Å². The molecular formula is C30H32N2O2. The number of nitrogens with one attached hydrogen (secondary N) is 2. The molecule has 0 radical (unpaired) electrons. The summed E-state index contributed by atoms with van der Waals surface area (Å²) in [5.74, 6) is 1.10. The molecule has 0 saturated carbocycles. The Morgan fingerprint density at radius 2 is 1.53 bits per heavy atom. The lowest BCUT2D eigenvalue weighted by Gasteiger charge is -2.30. The summed E-state index contributed by atoms with van der Waals surface area (Å²) in [6.07, 6.45) is 1.29. The van der Waals surface area contributed by atoms with E-state index in [-0.39, 0.29) is 23.2 Å². The number of benzene rings is 3. The number of ether oxygens (including phenoxy) is 1. The minimum absolute atomic E-state index is 0.108. The molecule has 3 aromatic rings. The molecule has 4 heteroatoms. The van der Waals surface area contributed by atoms with E-state index in [1.54, 1.807) is 7.11 Å². The zero-order chi connectivity index (χ0) is 23.9. The topological polar surface area (TPSA) is 50.4 Å². The monoisotopic (exact) mass is 452 g/mol. The normalized spacial score (nSPS) is 19.9. The quantitative estimate of drug-likeness (QED) is 0.450. The summed E-state index contributed by atoms with van der Waals surface area (Å²) in [7, 11) is 1.68. The number of carbonyl (C=O) groups excluding carboxylic acids is 1. The third-order valence-corrected chi connectivity index (χ3v) is 7.01. The van der Waals surface area contributed by atoms with E-state index in [9.17, 15) is 4.79 Å². The molecule has 34 heavy (non-hydrogen) atoms. The summed E-state index contributed by atoms with van der Waals surface area (Å²) in [6.45, 7) is 6.67. The molecule has 2 aliphatic rings. The minimum Gasteiger partial charge on any atom is -0.496 e. The molecule has 2 unspecified atom stereocenters. The fourth-order valence-electron chi connectivity index (χ4n) is 5.12. The molecular weight excluding hydrogens is 420 g/mol. The van der Waals surface area contributed by atoms with E-state index in [2.05, 4.69) is 67.8 Å². The highest BCUT2D eigenvalue weighted by Gasteiger charge is 2.37. The van der Waals surface area contributed by atoms with Gasteiger partial charge in [-0.3, -0.25) is 4.79 Å². The Morgan fingerprint density at radius 3 is 2.24 bits per heavy atom. The molecule has 0 amide bonds. The van der Waals surface area contributed by atoms with Gasteiger partial charge < -0.3 is 15.4 Å². The summed E-state index contributed by atoms with van der Waals surface area (Å²) in [4.78, 5) is 13.7. The fraction of sp³-hybridized carbons (Fsp3) is 0.300. The van der Waals surface area contributed by atoms with Crippen LogP contribution in [0.2, 0.25) is 0 Å². The number of para-hydroxylation sites is 3. The summed E-state index contributed by atoms with van der Waals surface area (Å²) in [6, 6.07) is 24.6. The van der Waals surface area contributed by atoms with Crippen molar-refractivity contribution in [3.8, 4) is 5.75 Å². The van der Waals surface area contributed by atoms with Gasteiger partial charge in [-0.25, -0.2) is 0 Å². The van der Waals surface area contributed by atoms with E-state index >= 15 is 0 Å². The molecule has 2 atom stereocenters. The van der Waals surface area contributed by atoms with Gasteiger partial charge in [0, 0.05) is 23.3 Å². The zero-order valence-electron chi connectivity index (χ0n) is 20.3. The molecule has 0 bridgehead atoms. The van der Waals surface area contributed by atoms with Gasteiger partial charge in [0.05, 0.1) is 24.5 Å². The molecule has 4 nitrogen and oxygen atoms in total. The molecule has 0 aromatic heterocycles. The number of allylic oxidation sites excluding steroid dienone is 1. The van der Waals surface area contributed by atoms with Crippen LogP contribution >= 0.6 is 0 Å². The Morgan fingerprint density at radius 1 is 0.853 bits per heavy atom. The highest BCUT2D eigenvalue weighted by Crippen LogP contribution is 2.45. The number of fused-ring (bicyclic) bond motifs is 1. The van der Waals surface area contributed by atoms with Gasteiger partial charge in [-0.05, 0) is 47.1 Å². The number of hydrogen-bond acceptors (Lipinski definition) is 4. The summed E-state index contributed by atoms with van der Waals surface area (Å²) >= 11 is 0. The van der Waals surface area contributed by atoms with Gasteiger partial charge in [-0.1, -0.05) is 75.4 Å². The van der Waals surface area contributed by atoms with Crippen LogP contribution in [0, 0.1) is 0 Å². The summed E-state index contributed by atoms with van der Waals surface area (Å²) in [5.41, 5.74) is 7.37. The zero-order valence-corrected chi connectivity index (χ0v) is 20.3. The molecule has 0 fully saturated rings. The first kappa shape index (κ1) is 22.3. The van der Waals surface area contributed by atoms with Gasteiger partial charge in [0.25, 0.3) is 0 Å². The van der Waals surface area contributed by atoms with E-state index in [0.29, 0.717) is 6.42 Å². The SMILES string of the molecule is COc1ccccc1C1Nc2ccccc2NC2=C1C(=O)CC(c1ccc(C(C)(C)C)cc1)C2. The standard InChI is InChI=1S/C30H32N2O2/c1-30(2,3)21-15-13-19(14-16-21)20-17-25-28(26(33)18-20)29(22-9-5-8-12-27(22)34-4)32-24-11-7-6-10-23(24)31-25/h5-16,20,29,31-32H,17-18H2,1-4H3. The van der Waals surface area contributed by atoms with Crippen molar-refractivity contribution in [1.29, 1.82) is 0 Å². The van der Waals surface area contributed by atoms with E-state index in [0.717, 1.165) is 40.4 Å². The number of anilines is 2. The van der Waals surface area contributed by atoms with Gasteiger partial charge in [0.15, 0.2) is 5.78 Å². The number of rotatable bonds is 3. The maximum absolute atomic E-state index is 13.7. The highest BCUT2D eigenvalue weighted by molar-refractivity contribution is 6.01. The van der Waals surface area contributed by atoms with Gasteiger partial charge in [-0.15, -0.1) is 0 Å². The molecule has 1 heterocycles. The first-order valence-electron chi connectivity index (χ1n) is 12.0. The Balaban J connectivity index is 1.57. The van der Waals surface area contributed by atoms with Crippen molar-refractivity contribution in [2.45, 2.75) is 51.0 Å². The lowest BCUT2D eigenvalue weighted by atomic mass is 9.77. The Labute approximate surface area is 202 Å². The fourth-order valence-corrected chi connectivity index (χ4v) is 5.12. The molecule has 3 aromatic carbocycles. The Kier molecular flexibility index (Phi) is 5.68. The van der Waals surface area contributed by atoms with Gasteiger partial charge >= 0.3 is 0 Å². The van der Waals surface area contributed by atoms with Crippen LogP contribution in [-0.2, 0) is 10.2 Å². The maximum atomic E-state index is 13.7. The van der Waals surface area contributed by atoms with Crippen LogP contribution in [0.25, 0.3) is 0 Å². The van der Waals surface area contributed by atoms with Crippen molar-refractivity contribution in [2.24, 2.45) is 0 Å². The van der Waals surface area contributed by atoms with Crippen LogP contribution in [0.1, 0.15) is 62.3 Å². The summed E-state index contributed by atoms with van der Waals surface area (Å²) in [5, 5.41) is 7.26. The van der Waals surface area contributed by atoms with Crippen LogP contribution in [0.5, 0.6) is 5.75 Å². The van der Waals surface area contributed by atoms with E-state index in [4.69, 9.17) is 4.74 Å². The predicted octanol–water partition coefficient (Wildman–Crippen LogP) is 6.97. The lowest BCUT2D eigenvalue weighted by molar-refractivity contribution is -0.116. The lowest BCUT2D eigenvalue weighted by Crippen LogP contribution is -2.27. The van der Waals surface area contributed by atoms with Crippen LogP contribution < -0.4 is 15.4 Å². The third kappa shape index (κ3) is 4.09. The first-order valence-corrected chi connectivity index (χ1v) is 12.0. The van der Waals surface area contributed by atoms with Crippen LogP contribution in [-0.4, -0.2) is 12.9 Å². The van der Waals surface area contributed by atoms with Gasteiger partial charge in [0.1, 0.15) is 5.75 Å². The molecule has 0 saturated heterocycles. The smallest absolute Gasteiger partial charge is 0.163 e. The van der Waals surface area contributed by atoms with Gasteiger partial charge in [0.2, 0.25) is 0 Å². The summed E-state index contributed by atoms with van der Waals surface area (Å²) < 4.78 is 5.68. The van der Waals surface area contributed by atoms with E-state index in [1.807, 2.05) is 36.4 Å². The number of Topliss-reactive ketones (excluding diaryl/α,β-unsaturated/α-hetero) is 1. The molecule has 1 aliphatic heterocycles. The molecule has 174 valence electrons. The van der Waals surface area contributed by atoms with Crippen molar-refractivity contribution in [3.05, 3.63) is 101 Å². The Hall–Kier alpha value is -3.53. The second kappa shape index (κ2) is 8.68. The van der Waals surface area contributed by atoms with Crippen LogP contribution in [0.15, 0.2) is 84.1 Å². The van der Waals surface area contributed by atoms with E-state index < -0.39 is 0 Å². The third-order valence-electron chi connectivity index (χ3n) is 7.01. The largest absolute Gasteiger partial charge is 0.496 e. The second-order valence-corrected chi connectivity index (χ2v) is 10.3. The van der Waals surface area contributed by atoms with Crippen LogP contribution in [0.3, 0.4) is 0 Å². The maximum Gasteiger partial charge on any atom is 0.163 e. The van der Waals surface area contributed by atoms with Gasteiger partial charge in [-0.2, -0.15) is 0 Å². The number of ketones is 1. The molecule has 0 spiro atoms. The van der Waals surface area contributed by atoms with Crippen molar-refractivity contribution in [1.82, 2.24) is 0 Å². The number of carbonyl (C=O) groups is 1. The van der Waals surface area contributed by atoms with Crippen molar-refractivity contribution >= 4 is 17.2 Å². The van der Waals surface area contributed by atoms with Crippen LogP contribution in [0.4, 0.5) is 11.4 Å². The molecule has 1 aliphatic carbocycles. The van der Waals surface area contributed by atoms with E-state index in [1.165, 1.54) is 11.1 Å². The van der Waals surface area contributed by atoms with Crippen molar-refractivity contribution in [3.63, 3.8) is 0 Å².